The number of amides is 2. The Morgan fingerprint density at radius 1 is 1.19 bits per heavy atom. The van der Waals surface area contributed by atoms with Gasteiger partial charge in [-0.25, -0.2) is 4.79 Å². The van der Waals surface area contributed by atoms with Gasteiger partial charge in [0.05, 0.1) is 10.0 Å². The summed E-state index contributed by atoms with van der Waals surface area (Å²) in [6.07, 6.45) is 5.97. The van der Waals surface area contributed by atoms with Gasteiger partial charge in [0.15, 0.2) is 0 Å². The minimum atomic E-state index is -1.05. The van der Waals surface area contributed by atoms with Crippen LogP contribution in [-0.2, 0) is 14.4 Å². The molecule has 0 spiro atoms. The van der Waals surface area contributed by atoms with Crippen LogP contribution in [0.5, 0.6) is 0 Å². The van der Waals surface area contributed by atoms with Crippen molar-refractivity contribution in [3.63, 3.8) is 0 Å². The molecule has 1 heterocycles. The molecule has 31 heavy (non-hydrogen) atoms. The van der Waals surface area contributed by atoms with Crippen LogP contribution in [-0.4, -0.2) is 53.2 Å². The van der Waals surface area contributed by atoms with E-state index in [1.807, 2.05) is 18.4 Å². The Kier molecular flexibility index (Phi) is 8.86. The molecule has 1 saturated heterocycles. The molecule has 1 aromatic rings. The van der Waals surface area contributed by atoms with Crippen molar-refractivity contribution in [1.29, 1.82) is 0 Å². The van der Waals surface area contributed by atoms with Crippen molar-refractivity contribution in [2.45, 2.75) is 44.6 Å². The lowest BCUT2D eigenvalue weighted by Gasteiger charge is -2.33. The molecule has 2 N–H and O–H groups in total. The number of carbonyl (C=O) groups excluding carboxylic acids is 2. The second kappa shape index (κ2) is 10.7. The number of carboxylic acid groups (broad SMARTS) is 1. The molecular weight excluding hydrogens is 459 g/mol. The fraction of sp³-hybridized carbons (Fsp3) is 0.500. The van der Waals surface area contributed by atoms with Crippen molar-refractivity contribution >= 4 is 58.8 Å². The Bertz CT molecular complexity index is 875. The number of benzene rings is 1. The maximum absolute atomic E-state index is 12.5. The lowest BCUT2D eigenvalue weighted by Crippen LogP contribution is -2.52. The van der Waals surface area contributed by atoms with Crippen LogP contribution in [0.4, 0.5) is 0 Å². The molecule has 1 atom stereocenters. The summed E-state index contributed by atoms with van der Waals surface area (Å²) < 4.78 is 0. The average Bonchev–Trinajstić information content (AvgIpc) is 2.71. The van der Waals surface area contributed by atoms with Crippen molar-refractivity contribution in [3.05, 3.63) is 33.8 Å². The minimum absolute atomic E-state index is 0.168. The van der Waals surface area contributed by atoms with Gasteiger partial charge >= 0.3 is 5.97 Å². The van der Waals surface area contributed by atoms with Gasteiger partial charge in [0, 0.05) is 30.0 Å². The van der Waals surface area contributed by atoms with Crippen LogP contribution in [0.25, 0.3) is 6.08 Å². The van der Waals surface area contributed by atoms with Gasteiger partial charge in [0.2, 0.25) is 11.8 Å². The summed E-state index contributed by atoms with van der Waals surface area (Å²) in [6, 6.07) is 2.71. The Morgan fingerprint density at radius 3 is 2.32 bits per heavy atom. The molecule has 1 unspecified atom stereocenters. The van der Waals surface area contributed by atoms with E-state index >= 15 is 0 Å². The summed E-state index contributed by atoms with van der Waals surface area (Å²) in [5.74, 6) is -1.81. The third kappa shape index (κ3) is 6.64. The van der Waals surface area contributed by atoms with E-state index in [9.17, 15) is 19.5 Å². The third-order valence-corrected chi connectivity index (χ3v) is 7.07. The maximum Gasteiger partial charge on any atom is 0.326 e. The Hall–Kier alpha value is -1.70. The van der Waals surface area contributed by atoms with E-state index in [1.54, 1.807) is 31.7 Å². The van der Waals surface area contributed by atoms with Crippen molar-refractivity contribution in [1.82, 2.24) is 10.2 Å². The number of carboxylic acids is 1. The van der Waals surface area contributed by atoms with E-state index in [1.165, 1.54) is 17.8 Å². The molecule has 0 aliphatic carbocycles. The summed E-state index contributed by atoms with van der Waals surface area (Å²) in [6.45, 7) is 6.16. The second-order valence-corrected chi connectivity index (χ2v) is 10.2. The zero-order valence-corrected chi connectivity index (χ0v) is 20.4. The molecule has 0 bridgehead atoms. The first-order valence-corrected chi connectivity index (χ1v) is 12.0. The topological polar surface area (TPSA) is 86.7 Å². The molecule has 2 rings (SSSR count). The van der Waals surface area contributed by atoms with Crippen LogP contribution in [0.1, 0.15) is 39.2 Å². The van der Waals surface area contributed by atoms with Crippen molar-refractivity contribution in [3.8, 4) is 0 Å². The largest absolute Gasteiger partial charge is 0.480 e. The van der Waals surface area contributed by atoms with E-state index in [0.717, 1.165) is 4.90 Å². The molecule has 6 nitrogen and oxygen atoms in total. The highest BCUT2D eigenvalue weighted by Gasteiger charge is 2.35. The molecule has 1 aliphatic rings. The maximum atomic E-state index is 12.5. The van der Waals surface area contributed by atoms with E-state index in [2.05, 4.69) is 5.32 Å². The normalized spacial score (nSPS) is 16.4. The number of thioether (sulfide) groups is 1. The van der Waals surface area contributed by atoms with Crippen LogP contribution in [0.2, 0.25) is 10.0 Å². The number of nitrogens with one attached hydrogen (secondary N) is 1. The van der Waals surface area contributed by atoms with Crippen molar-refractivity contribution in [2.75, 3.05) is 19.3 Å². The number of hydrogen-bond donors (Lipinski definition) is 2. The highest BCUT2D eigenvalue weighted by Crippen LogP contribution is 2.35. The lowest BCUT2D eigenvalue weighted by molar-refractivity contribution is -0.146. The summed E-state index contributed by atoms with van der Waals surface area (Å²) in [5.41, 5.74) is 0.0650. The number of hydrogen-bond acceptors (Lipinski definition) is 4. The molecule has 9 heteroatoms. The molecule has 1 aromatic carbocycles. The van der Waals surface area contributed by atoms with Gasteiger partial charge in [-0.05, 0) is 42.2 Å². The fourth-order valence-electron chi connectivity index (χ4n) is 3.37. The SMILES string of the molecule is CSc1ccc(/C=C/C(=O)N2CCC(C(=O)NC(C(=O)O)C(C)(C)C)CC2)c(Cl)c1Cl. The van der Waals surface area contributed by atoms with Crippen molar-refractivity contribution in [2.24, 2.45) is 11.3 Å². The number of halogens is 2. The number of aliphatic carboxylic acids is 1. The number of piperidine rings is 1. The van der Waals surface area contributed by atoms with Gasteiger partial charge in [-0.15, -0.1) is 11.8 Å². The van der Waals surface area contributed by atoms with E-state index in [0.29, 0.717) is 41.5 Å². The van der Waals surface area contributed by atoms with Gasteiger partial charge in [0.1, 0.15) is 6.04 Å². The Morgan fingerprint density at radius 2 is 1.81 bits per heavy atom. The highest BCUT2D eigenvalue weighted by molar-refractivity contribution is 7.98. The standard InChI is InChI=1S/C22H28Cl2N2O4S/c1-22(2,3)19(21(29)30)25-20(28)14-9-11-26(12-10-14)16(27)8-6-13-5-7-15(31-4)18(24)17(13)23/h5-8,14,19H,9-12H2,1-4H3,(H,25,28)(H,29,30)/b8-6+. The zero-order valence-electron chi connectivity index (χ0n) is 18.1. The van der Waals surface area contributed by atoms with E-state index < -0.39 is 17.4 Å². The Balaban J connectivity index is 1.94. The van der Waals surface area contributed by atoms with Crippen LogP contribution in [0.15, 0.2) is 23.1 Å². The van der Waals surface area contributed by atoms with Gasteiger partial charge < -0.3 is 15.3 Å². The van der Waals surface area contributed by atoms with Crippen LogP contribution in [0.3, 0.4) is 0 Å². The number of rotatable bonds is 6. The predicted octanol–water partition coefficient (Wildman–Crippen LogP) is 4.58. The molecule has 170 valence electrons. The molecule has 1 aliphatic heterocycles. The summed E-state index contributed by atoms with van der Waals surface area (Å²) in [5, 5.41) is 12.9. The average molecular weight is 487 g/mol. The molecule has 1 fully saturated rings. The first-order valence-electron chi connectivity index (χ1n) is 9.97. The molecule has 0 radical (unpaired) electrons. The molecule has 0 saturated carbocycles. The first-order chi connectivity index (χ1) is 14.5. The fourth-order valence-corrected chi connectivity index (χ4v) is 4.54. The summed E-state index contributed by atoms with van der Waals surface area (Å²) in [7, 11) is 0. The second-order valence-electron chi connectivity index (χ2n) is 8.56. The molecule has 0 aromatic heterocycles. The smallest absolute Gasteiger partial charge is 0.326 e. The summed E-state index contributed by atoms with van der Waals surface area (Å²) >= 11 is 14.0. The number of carbonyl (C=O) groups is 3. The summed E-state index contributed by atoms with van der Waals surface area (Å²) in [4.78, 5) is 39.1. The van der Waals surface area contributed by atoms with E-state index in [-0.39, 0.29) is 17.7 Å². The molecule has 2 amide bonds. The zero-order chi connectivity index (χ0) is 23.3. The number of likely N-dealkylation sites (tertiary alicyclic amines) is 1. The van der Waals surface area contributed by atoms with Gasteiger partial charge in [-0.3, -0.25) is 9.59 Å². The number of nitrogens with zero attached hydrogens (tertiary/aromatic N) is 1. The van der Waals surface area contributed by atoms with Gasteiger partial charge in [-0.1, -0.05) is 50.0 Å². The van der Waals surface area contributed by atoms with Gasteiger partial charge in [0.25, 0.3) is 0 Å². The van der Waals surface area contributed by atoms with Crippen LogP contribution in [0, 0.1) is 11.3 Å². The third-order valence-electron chi connectivity index (χ3n) is 5.28. The van der Waals surface area contributed by atoms with Gasteiger partial charge in [-0.2, -0.15) is 0 Å². The van der Waals surface area contributed by atoms with Crippen LogP contribution < -0.4 is 5.32 Å². The van der Waals surface area contributed by atoms with Crippen LogP contribution >= 0.6 is 35.0 Å². The predicted molar refractivity (Wildman–Crippen MR) is 126 cm³/mol. The lowest BCUT2D eigenvalue weighted by atomic mass is 9.86. The minimum Gasteiger partial charge on any atom is -0.480 e. The quantitative estimate of drug-likeness (QED) is 0.453. The molecular formula is C22H28Cl2N2O4S. The first kappa shape index (κ1) is 25.6. The van der Waals surface area contributed by atoms with Crippen molar-refractivity contribution < 1.29 is 19.5 Å². The monoisotopic (exact) mass is 486 g/mol. The Labute approximate surface area is 197 Å². The highest BCUT2D eigenvalue weighted by atomic mass is 35.5. The van der Waals surface area contributed by atoms with E-state index in [4.69, 9.17) is 23.2 Å².